The van der Waals surface area contributed by atoms with E-state index < -0.39 is 0 Å². The summed E-state index contributed by atoms with van der Waals surface area (Å²) in [6, 6.07) is 15.4. The fraction of sp³-hybridized carbons (Fsp3) is 0.520. The third kappa shape index (κ3) is 9.05. The number of rotatable bonds is 12. The minimum atomic E-state index is -0.346. The van der Waals surface area contributed by atoms with Gasteiger partial charge in [-0.2, -0.15) is 15.5 Å². The predicted molar refractivity (Wildman–Crippen MR) is 245 cm³/mol. The summed E-state index contributed by atoms with van der Waals surface area (Å²) in [7, 11) is 0. The van der Waals surface area contributed by atoms with Crippen LogP contribution in [0.2, 0.25) is 0 Å². The van der Waals surface area contributed by atoms with Gasteiger partial charge in [-0.3, -0.25) is 24.4 Å². The zero-order valence-corrected chi connectivity index (χ0v) is 37.5. The van der Waals surface area contributed by atoms with Crippen LogP contribution in [0.3, 0.4) is 0 Å². The molecule has 0 spiro atoms. The van der Waals surface area contributed by atoms with Gasteiger partial charge in [-0.15, -0.1) is 0 Å². The van der Waals surface area contributed by atoms with Gasteiger partial charge >= 0.3 is 0 Å². The number of aromatic nitrogens is 6. The van der Waals surface area contributed by atoms with Crippen LogP contribution >= 0.6 is 0 Å². The summed E-state index contributed by atoms with van der Waals surface area (Å²) >= 11 is 0. The number of fused-ring (bicyclic) bond motifs is 1. The Hall–Kier alpha value is -5.94. The van der Waals surface area contributed by atoms with Crippen LogP contribution in [0.4, 0.5) is 5.82 Å². The van der Waals surface area contributed by atoms with Crippen LogP contribution < -0.4 is 15.5 Å². The normalized spacial score (nSPS) is 22.1. The number of carbonyl (C=O) groups is 3. The summed E-state index contributed by atoms with van der Waals surface area (Å²) in [5.41, 5.74) is 6.21. The summed E-state index contributed by atoms with van der Waals surface area (Å²) in [5.74, 6) is 1.71. The lowest BCUT2D eigenvalue weighted by Crippen LogP contribution is -2.50. The second kappa shape index (κ2) is 18.6. The summed E-state index contributed by atoms with van der Waals surface area (Å²) in [6.07, 6.45) is 20.8. The van der Waals surface area contributed by atoms with Gasteiger partial charge in [0.05, 0.1) is 47.4 Å². The number of amides is 3. The highest BCUT2D eigenvalue weighted by Gasteiger charge is 2.40. The first kappa shape index (κ1) is 43.3. The number of anilines is 1. The average molecular weight is 864 g/mol. The maximum Gasteiger partial charge on any atom is 0.234 e. The van der Waals surface area contributed by atoms with E-state index in [2.05, 4.69) is 73.7 Å². The van der Waals surface area contributed by atoms with E-state index in [1.807, 2.05) is 44.6 Å². The first-order valence-corrected chi connectivity index (χ1v) is 23.6. The highest BCUT2D eigenvalue weighted by Crippen LogP contribution is 2.39. The smallest absolute Gasteiger partial charge is 0.234 e. The fourth-order valence-corrected chi connectivity index (χ4v) is 10.7. The van der Waals surface area contributed by atoms with Crippen LogP contribution in [0.15, 0.2) is 67.4 Å². The van der Waals surface area contributed by atoms with Gasteiger partial charge in [0.1, 0.15) is 23.0 Å². The molecule has 334 valence electrons. The van der Waals surface area contributed by atoms with Crippen LogP contribution in [0.25, 0.3) is 28.0 Å². The highest BCUT2D eigenvalue weighted by atomic mass is 16.2. The van der Waals surface area contributed by atoms with Crippen LogP contribution in [-0.4, -0.2) is 90.7 Å². The number of nitrogens with one attached hydrogen (secondary N) is 2. The molecule has 1 aromatic carbocycles. The van der Waals surface area contributed by atoms with Crippen molar-refractivity contribution in [2.45, 2.75) is 122 Å². The first-order chi connectivity index (χ1) is 31.1. The minimum absolute atomic E-state index is 0.119. The maximum atomic E-state index is 13.1. The molecule has 4 fully saturated rings. The molecule has 9 rings (SSSR count). The van der Waals surface area contributed by atoms with Crippen LogP contribution in [0, 0.1) is 22.7 Å². The molecule has 0 radical (unpaired) electrons. The lowest BCUT2D eigenvalue weighted by atomic mass is 9.75. The second-order valence-corrected chi connectivity index (χ2v) is 19.1. The van der Waals surface area contributed by atoms with Crippen molar-refractivity contribution in [3.63, 3.8) is 0 Å². The number of benzene rings is 1. The number of hydrogen-bond donors (Lipinski definition) is 2. The van der Waals surface area contributed by atoms with Gasteiger partial charge < -0.3 is 15.1 Å². The molecule has 1 saturated carbocycles. The zero-order valence-electron chi connectivity index (χ0n) is 37.5. The van der Waals surface area contributed by atoms with Gasteiger partial charge in [0.15, 0.2) is 0 Å². The molecule has 7 heterocycles. The quantitative estimate of drug-likeness (QED) is 0.120. The Morgan fingerprint density at radius 2 is 1.64 bits per heavy atom. The highest BCUT2D eigenvalue weighted by molar-refractivity contribution is 6.01. The van der Waals surface area contributed by atoms with E-state index in [0.29, 0.717) is 41.6 Å². The summed E-state index contributed by atoms with van der Waals surface area (Å²) in [4.78, 5) is 51.9. The topological polar surface area (TPSA) is 166 Å². The lowest BCUT2D eigenvalue weighted by molar-refractivity contribution is -0.134. The number of carbonyl (C=O) groups excluding carboxylic acids is 3. The fourth-order valence-electron chi connectivity index (χ4n) is 10.7. The zero-order chi connectivity index (χ0) is 44.4. The van der Waals surface area contributed by atoms with E-state index in [4.69, 9.17) is 15.1 Å². The van der Waals surface area contributed by atoms with E-state index in [0.717, 1.165) is 112 Å². The molecule has 0 bridgehead atoms. The Labute approximate surface area is 375 Å². The molecular formula is C50H61N11O3. The molecule has 5 aromatic rings. The third-order valence-electron chi connectivity index (χ3n) is 14.8. The number of hydrogen-bond acceptors (Lipinski definition) is 10. The van der Waals surface area contributed by atoms with Crippen LogP contribution in [0.1, 0.15) is 132 Å². The number of pyridine rings is 1. The molecule has 1 atom stereocenters. The van der Waals surface area contributed by atoms with E-state index >= 15 is 0 Å². The van der Waals surface area contributed by atoms with Gasteiger partial charge in [0.2, 0.25) is 17.7 Å². The van der Waals surface area contributed by atoms with Gasteiger partial charge in [-0.1, -0.05) is 31.2 Å². The number of piperidine rings is 3. The SMILES string of the molecule is CCC1(C(=O)NC(C)C)CCN(c2ccc(-c3nc(-c4cnn([C@H]5CC[C@H](CCN6CCC(c7ccc(C8CCC(=O)NC8=O)cc7)CC6)CC5)c4)cn4ncc(C#N)c34)cn2)CC1. The largest absolute Gasteiger partial charge is 0.357 e. The Morgan fingerprint density at radius 1 is 0.891 bits per heavy atom. The van der Waals surface area contributed by atoms with E-state index in [-0.39, 0.29) is 35.1 Å². The van der Waals surface area contributed by atoms with Gasteiger partial charge in [0, 0.05) is 49.1 Å². The molecule has 3 amide bonds. The first-order valence-electron chi connectivity index (χ1n) is 23.6. The monoisotopic (exact) mass is 863 g/mol. The number of nitriles is 1. The Kier molecular flexibility index (Phi) is 12.6. The molecule has 4 aromatic heterocycles. The van der Waals surface area contributed by atoms with Gasteiger partial charge in [-0.25, -0.2) is 14.5 Å². The van der Waals surface area contributed by atoms with E-state index in [9.17, 15) is 19.6 Å². The Balaban J connectivity index is 0.783. The predicted octanol–water partition coefficient (Wildman–Crippen LogP) is 7.57. The van der Waals surface area contributed by atoms with Gasteiger partial charge in [0.25, 0.3) is 0 Å². The molecule has 1 aliphatic carbocycles. The molecule has 14 nitrogen and oxygen atoms in total. The lowest BCUT2D eigenvalue weighted by Gasteiger charge is -2.41. The van der Waals surface area contributed by atoms with Crippen molar-refractivity contribution < 1.29 is 14.4 Å². The Morgan fingerprint density at radius 3 is 2.31 bits per heavy atom. The molecule has 3 saturated heterocycles. The molecule has 4 aliphatic rings. The maximum absolute atomic E-state index is 13.1. The average Bonchev–Trinajstić information content (AvgIpc) is 3.99. The second-order valence-electron chi connectivity index (χ2n) is 19.1. The molecule has 2 N–H and O–H groups in total. The van der Waals surface area contributed by atoms with Crippen molar-refractivity contribution in [3.05, 3.63) is 84.1 Å². The van der Waals surface area contributed by atoms with Crippen LogP contribution in [-0.2, 0) is 14.4 Å². The van der Waals surface area contributed by atoms with Crippen LogP contribution in [0.5, 0.6) is 0 Å². The molecule has 1 unspecified atom stereocenters. The van der Waals surface area contributed by atoms with E-state index in [1.165, 1.54) is 24.8 Å². The van der Waals surface area contributed by atoms with Gasteiger partial charge in [-0.05, 0) is 139 Å². The van der Waals surface area contributed by atoms with Crippen molar-refractivity contribution in [1.29, 1.82) is 5.26 Å². The van der Waals surface area contributed by atoms with Crippen molar-refractivity contribution in [2.75, 3.05) is 37.6 Å². The van der Waals surface area contributed by atoms with E-state index in [1.54, 1.807) is 10.7 Å². The summed E-state index contributed by atoms with van der Waals surface area (Å²) < 4.78 is 3.87. The number of imide groups is 1. The summed E-state index contributed by atoms with van der Waals surface area (Å²) in [6.45, 7) is 11.0. The van der Waals surface area contributed by atoms with Crippen molar-refractivity contribution in [1.82, 2.24) is 44.9 Å². The van der Waals surface area contributed by atoms with Crippen molar-refractivity contribution >= 4 is 29.1 Å². The molecular weight excluding hydrogens is 803 g/mol. The minimum Gasteiger partial charge on any atom is -0.357 e. The van der Waals surface area contributed by atoms with Crippen molar-refractivity contribution in [2.24, 2.45) is 11.3 Å². The number of likely N-dealkylation sites (tertiary alicyclic amines) is 1. The third-order valence-corrected chi connectivity index (χ3v) is 14.8. The Bertz CT molecular complexity index is 2500. The van der Waals surface area contributed by atoms with Crippen molar-refractivity contribution in [3.8, 4) is 28.6 Å². The number of nitrogens with zero attached hydrogens (tertiary/aromatic N) is 9. The molecule has 14 heteroatoms. The molecule has 3 aliphatic heterocycles. The summed E-state index contributed by atoms with van der Waals surface area (Å²) in [5, 5.41) is 25.0. The standard InChI is InChI=1S/C50H61N11O3/c1-4-50(49(64)55-33(2)3)20-25-59(26-21-50)44-15-11-38(28-52-44)46-47-39(27-51)29-54-61(47)32-43(56-46)40-30-53-60(31-40)41-12-5-34(6-13-41)17-22-58-23-18-36(19-24-58)35-7-9-37(10-8-35)42-14-16-45(62)57-48(42)63/h7-11,15,28-34,36,41-42H,4-6,12-14,16-26H2,1-3H3,(H,55,64)(H,57,62,63)/t34-,41-,42?. The molecule has 64 heavy (non-hydrogen) atoms.